The Morgan fingerprint density at radius 3 is 2.29 bits per heavy atom. The van der Waals surface area contributed by atoms with Gasteiger partial charge in [0.15, 0.2) is 0 Å². The predicted octanol–water partition coefficient (Wildman–Crippen LogP) is 1.69. The van der Waals surface area contributed by atoms with Crippen molar-refractivity contribution in [2.45, 2.75) is 33.1 Å². The smallest absolute Gasteiger partial charge is 0.238 e. The Hall–Kier alpha value is -0.840. The second-order valence-corrected chi connectivity index (χ2v) is 6.92. The van der Waals surface area contributed by atoms with E-state index < -0.39 is 10.0 Å². The van der Waals surface area contributed by atoms with Gasteiger partial charge >= 0.3 is 0 Å². The van der Waals surface area contributed by atoms with Crippen LogP contribution in [0.5, 0.6) is 0 Å². The summed E-state index contributed by atoms with van der Waals surface area (Å²) in [6.45, 7) is 7.57. The lowest BCUT2D eigenvalue weighted by Gasteiger charge is -2.30. The molecule has 0 aromatic heterocycles. The Morgan fingerprint density at radius 1 is 1.29 bits per heavy atom. The molecule has 1 N–H and O–H groups in total. The molecule has 0 saturated heterocycles. The lowest BCUT2D eigenvalue weighted by molar-refractivity contribution is -0.125. The van der Waals surface area contributed by atoms with Gasteiger partial charge in [0, 0.05) is 5.92 Å². The summed E-state index contributed by atoms with van der Waals surface area (Å²) in [5, 5.41) is 0. The molecule has 1 rings (SSSR count). The van der Waals surface area contributed by atoms with Crippen molar-refractivity contribution in [3.8, 4) is 0 Å². The van der Waals surface area contributed by atoms with Crippen LogP contribution in [0.25, 0.3) is 0 Å². The zero-order valence-corrected chi connectivity index (χ0v) is 11.3. The molecule has 0 aliphatic heterocycles. The first-order valence-corrected chi connectivity index (χ1v) is 7.64. The molecule has 98 valence electrons. The highest BCUT2D eigenvalue weighted by molar-refractivity contribution is 7.90. The summed E-state index contributed by atoms with van der Waals surface area (Å²) in [5.41, 5.74) is 0. The highest BCUT2D eigenvalue weighted by Crippen LogP contribution is 2.32. The van der Waals surface area contributed by atoms with Crippen LogP contribution in [0.1, 0.15) is 33.1 Å². The van der Waals surface area contributed by atoms with E-state index in [1.54, 1.807) is 0 Å². The molecule has 1 amide bonds. The fraction of sp³-hybridized carbons (Fsp3) is 0.750. The molecular formula is C12H21NO3S. The van der Waals surface area contributed by atoms with Crippen molar-refractivity contribution >= 4 is 15.9 Å². The van der Waals surface area contributed by atoms with Gasteiger partial charge in [-0.2, -0.15) is 0 Å². The maximum Gasteiger partial charge on any atom is 0.238 e. The predicted molar refractivity (Wildman–Crippen MR) is 67.8 cm³/mol. The highest BCUT2D eigenvalue weighted by atomic mass is 32.2. The minimum atomic E-state index is -3.53. The van der Waals surface area contributed by atoms with E-state index in [2.05, 4.69) is 25.1 Å². The quantitative estimate of drug-likeness (QED) is 0.781. The van der Waals surface area contributed by atoms with Crippen molar-refractivity contribution < 1.29 is 13.2 Å². The third-order valence-corrected chi connectivity index (χ3v) is 4.33. The molecule has 0 aromatic rings. The molecule has 0 radical (unpaired) electrons. The van der Waals surface area contributed by atoms with Crippen molar-refractivity contribution in [3.05, 3.63) is 12.7 Å². The molecule has 2 unspecified atom stereocenters. The first-order chi connectivity index (χ1) is 7.84. The first kappa shape index (κ1) is 14.2. The average molecular weight is 259 g/mol. The SMILES string of the molecule is C=CCS(=O)(=O)NC(=O)C1CC(C)CC(C)C1. The molecule has 1 fully saturated rings. The Morgan fingerprint density at radius 2 is 1.82 bits per heavy atom. The van der Waals surface area contributed by atoms with Crippen LogP contribution in [0.4, 0.5) is 0 Å². The van der Waals surface area contributed by atoms with E-state index in [-0.39, 0.29) is 17.6 Å². The summed E-state index contributed by atoms with van der Waals surface area (Å²) in [6.07, 6.45) is 3.95. The van der Waals surface area contributed by atoms with Crippen LogP contribution >= 0.6 is 0 Å². The van der Waals surface area contributed by atoms with Gasteiger partial charge in [0.05, 0.1) is 5.75 Å². The zero-order valence-electron chi connectivity index (χ0n) is 10.5. The molecule has 2 atom stereocenters. The molecule has 1 aliphatic carbocycles. The Balaban J connectivity index is 2.61. The van der Waals surface area contributed by atoms with E-state index in [1.165, 1.54) is 6.08 Å². The lowest BCUT2D eigenvalue weighted by Crippen LogP contribution is -2.39. The monoisotopic (exact) mass is 259 g/mol. The average Bonchev–Trinajstić information content (AvgIpc) is 2.14. The van der Waals surface area contributed by atoms with E-state index in [4.69, 9.17) is 0 Å². The van der Waals surface area contributed by atoms with Crippen LogP contribution < -0.4 is 4.72 Å². The van der Waals surface area contributed by atoms with Crippen LogP contribution in [0, 0.1) is 17.8 Å². The van der Waals surface area contributed by atoms with Crippen LogP contribution in [-0.4, -0.2) is 20.1 Å². The maximum absolute atomic E-state index is 11.9. The molecule has 1 aliphatic rings. The summed E-state index contributed by atoms with van der Waals surface area (Å²) in [4.78, 5) is 11.9. The fourth-order valence-corrected chi connectivity index (χ4v) is 3.46. The van der Waals surface area contributed by atoms with E-state index >= 15 is 0 Å². The number of hydrogen-bond donors (Lipinski definition) is 1. The topological polar surface area (TPSA) is 63.2 Å². The Labute approximate surface area is 104 Å². The largest absolute Gasteiger partial charge is 0.274 e. The summed E-state index contributed by atoms with van der Waals surface area (Å²) >= 11 is 0. The molecule has 0 spiro atoms. The summed E-state index contributed by atoms with van der Waals surface area (Å²) < 4.78 is 25.0. The normalized spacial score (nSPS) is 29.6. The fourth-order valence-electron chi connectivity index (χ4n) is 2.59. The number of nitrogens with one attached hydrogen (secondary N) is 1. The molecule has 0 heterocycles. The lowest BCUT2D eigenvalue weighted by atomic mass is 9.76. The van der Waals surface area contributed by atoms with Crippen molar-refractivity contribution in [1.82, 2.24) is 4.72 Å². The molecule has 1 saturated carbocycles. The summed E-state index contributed by atoms with van der Waals surface area (Å²) in [7, 11) is -3.53. The minimum absolute atomic E-state index is 0.173. The summed E-state index contributed by atoms with van der Waals surface area (Å²) in [5.74, 6) is 0.225. The van der Waals surface area contributed by atoms with Crippen LogP contribution in [0.15, 0.2) is 12.7 Å². The molecule has 0 aromatic carbocycles. The van der Waals surface area contributed by atoms with Gasteiger partial charge in [-0.15, -0.1) is 6.58 Å². The second-order valence-electron chi connectivity index (χ2n) is 5.15. The van der Waals surface area contributed by atoms with E-state index in [0.717, 1.165) is 19.3 Å². The van der Waals surface area contributed by atoms with Gasteiger partial charge in [0.25, 0.3) is 0 Å². The number of hydrogen-bond acceptors (Lipinski definition) is 3. The molecule has 4 nitrogen and oxygen atoms in total. The molecular weight excluding hydrogens is 238 g/mol. The minimum Gasteiger partial charge on any atom is -0.274 e. The van der Waals surface area contributed by atoms with Crippen molar-refractivity contribution in [2.24, 2.45) is 17.8 Å². The highest BCUT2D eigenvalue weighted by Gasteiger charge is 2.30. The van der Waals surface area contributed by atoms with Crippen LogP contribution in [0.3, 0.4) is 0 Å². The molecule has 17 heavy (non-hydrogen) atoms. The standard InChI is InChI=1S/C12H21NO3S/c1-4-5-17(15,16)13-12(14)11-7-9(2)6-10(3)8-11/h4,9-11H,1,5-8H2,2-3H3,(H,13,14). The van der Waals surface area contributed by atoms with Gasteiger partial charge in [-0.25, -0.2) is 8.42 Å². The van der Waals surface area contributed by atoms with Crippen LogP contribution in [0.2, 0.25) is 0 Å². The van der Waals surface area contributed by atoms with E-state index in [0.29, 0.717) is 11.8 Å². The number of rotatable bonds is 4. The van der Waals surface area contributed by atoms with E-state index in [9.17, 15) is 13.2 Å². The number of carbonyl (C=O) groups excluding carboxylic acids is 1. The number of sulfonamides is 1. The van der Waals surface area contributed by atoms with Gasteiger partial charge in [0.2, 0.25) is 15.9 Å². The maximum atomic E-state index is 11.9. The number of amides is 1. The summed E-state index contributed by atoms with van der Waals surface area (Å²) in [6, 6.07) is 0. The molecule has 0 bridgehead atoms. The third-order valence-electron chi connectivity index (χ3n) is 3.14. The van der Waals surface area contributed by atoms with Gasteiger partial charge < -0.3 is 0 Å². The second kappa shape index (κ2) is 5.67. The first-order valence-electron chi connectivity index (χ1n) is 5.99. The van der Waals surface area contributed by atoms with Crippen molar-refractivity contribution in [2.75, 3.05) is 5.75 Å². The van der Waals surface area contributed by atoms with Crippen LogP contribution in [-0.2, 0) is 14.8 Å². The van der Waals surface area contributed by atoms with Crippen molar-refractivity contribution in [1.29, 1.82) is 0 Å². The van der Waals surface area contributed by atoms with E-state index in [1.807, 2.05) is 0 Å². The molecule has 5 heteroatoms. The zero-order chi connectivity index (χ0) is 13.1. The van der Waals surface area contributed by atoms with Crippen molar-refractivity contribution in [3.63, 3.8) is 0 Å². The Kier molecular flexibility index (Phi) is 4.74. The van der Waals surface area contributed by atoms with Gasteiger partial charge in [-0.3, -0.25) is 9.52 Å². The third kappa shape index (κ3) is 4.50. The van der Waals surface area contributed by atoms with Gasteiger partial charge in [0.1, 0.15) is 0 Å². The Bertz CT molecular complexity index is 379. The van der Waals surface area contributed by atoms with Gasteiger partial charge in [-0.05, 0) is 31.1 Å². The van der Waals surface area contributed by atoms with Gasteiger partial charge in [-0.1, -0.05) is 19.9 Å². The number of carbonyl (C=O) groups is 1.